The molecule has 0 spiro atoms. The van der Waals surface area contributed by atoms with Crippen molar-refractivity contribution in [1.82, 2.24) is 14.0 Å². The highest BCUT2D eigenvalue weighted by atomic mass is 32.2. The third-order valence-corrected chi connectivity index (χ3v) is 9.08. The number of sulfone groups is 1. The first-order valence-corrected chi connectivity index (χ1v) is 13.4. The minimum Gasteiger partial charge on any atom is -0.495 e. The van der Waals surface area contributed by atoms with Crippen molar-refractivity contribution in [3.63, 3.8) is 0 Å². The number of ether oxygens (including phenoxy) is 1. The Kier molecular flexibility index (Phi) is 6.37. The Hall–Kier alpha value is -2.86. The molecule has 0 amide bonds. The molecule has 0 saturated carbocycles. The summed E-state index contributed by atoms with van der Waals surface area (Å²) in [6, 6.07) is 2.94. The zero-order valence-corrected chi connectivity index (χ0v) is 21.0. The molecule has 0 aliphatic carbocycles. The molecule has 3 aromatic heterocycles. The lowest BCUT2D eigenvalue weighted by atomic mass is 10.2. The third-order valence-electron chi connectivity index (χ3n) is 5.11. The van der Waals surface area contributed by atoms with Crippen LogP contribution in [-0.4, -0.2) is 48.4 Å². The van der Waals surface area contributed by atoms with Crippen molar-refractivity contribution in [2.24, 2.45) is 7.05 Å². The van der Waals surface area contributed by atoms with Gasteiger partial charge < -0.3 is 9.30 Å². The van der Waals surface area contributed by atoms with E-state index in [-0.39, 0.29) is 22.1 Å². The normalized spacial score (nSPS) is 12.8. The van der Waals surface area contributed by atoms with E-state index in [0.29, 0.717) is 23.3 Å². The third kappa shape index (κ3) is 4.62. The second kappa shape index (κ2) is 8.49. The zero-order chi connectivity index (χ0) is 24.8. The molecule has 0 aliphatic heterocycles. The van der Waals surface area contributed by atoms with Crippen molar-refractivity contribution in [1.29, 1.82) is 0 Å². The summed E-state index contributed by atoms with van der Waals surface area (Å²) in [6.07, 6.45) is 4.89. The van der Waals surface area contributed by atoms with E-state index >= 15 is 0 Å². The van der Waals surface area contributed by atoms with Gasteiger partial charge in [0.05, 0.1) is 29.5 Å². The summed E-state index contributed by atoms with van der Waals surface area (Å²) in [5.74, 6) is 0.0483. The molecule has 1 N–H and O–H groups in total. The number of aryl methyl sites for hydroxylation is 1. The number of methoxy groups -OCH3 is 1. The summed E-state index contributed by atoms with van der Waals surface area (Å²) in [5, 5.41) is 0. The number of imidazole rings is 1. The number of sulfonamides is 1. The Morgan fingerprint density at radius 3 is 2.36 bits per heavy atom. The lowest BCUT2D eigenvalue weighted by Crippen LogP contribution is -2.28. The Morgan fingerprint density at radius 2 is 1.79 bits per heavy atom. The molecular formula is C21H28N4O6S2. The zero-order valence-electron chi connectivity index (χ0n) is 19.4. The van der Waals surface area contributed by atoms with Gasteiger partial charge in [0.15, 0.2) is 9.84 Å². The van der Waals surface area contributed by atoms with Gasteiger partial charge in [-0.1, -0.05) is 6.92 Å². The van der Waals surface area contributed by atoms with Gasteiger partial charge in [-0.3, -0.25) is 13.9 Å². The molecule has 0 atom stereocenters. The molecule has 180 valence electrons. The Morgan fingerprint density at radius 1 is 1.12 bits per heavy atom. The number of hydrogen-bond donors (Lipinski definition) is 1. The van der Waals surface area contributed by atoms with Gasteiger partial charge in [-0.15, -0.1) is 0 Å². The van der Waals surface area contributed by atoms with E-state index in [1.54, 1.807) is 32.1 Å². The Bertz CT molecular complexity index is 1480. The van der Waals surface area contributed by atoms with E-state index in [1.807, 2.05) is 0 Å². The summed E-state index contributed by atoms with van der Waals surface area (Å²) in [7, 11) is -4.55. The predicted molar refractivity (Wildman–Crippen MR) is 127 cm³/mol. The van der Waals surface area contributed by atoms with Gasteiger partial charge in [0.2, 0.25) is 10.0 Å². The van der Waals surface area contributed by atoms with Crippen LogP contribution in [0.5, 0.6) is 5.75 Å². The minimum atomic E-state index is -3.76. The van der Waals surface area contributed by atoms with E-state index in [2.05, 4.69) is 9.71 Å². The molecule has 3 rings (SSSR count). The van der Waals surface area contributed by atoms with Gasteiger partial charge in [0.1, 0.15) is 22.0 Å². The first kappa shape index (κ1) is 24.8. The van der Waals surface area contributed by atoms with Crippen molar-refractivity contribution < 1.29 is 21.6 Å². The number of hydrogen-bond acceptors (Lipinski definition) is 7. The van der Waals surface area contributed by atoms with Crippen LogP contribution in [0.3, 0.4) is 0 Å². The van der Waals surface area contributed by atoms with E-state index in [4.69, 9.17) is 4.74 Å². The molecule has 3 heterocycles. The van der Waals surface area contributed by atoms with Gasteiger partial charge in [0.25, 0.3) is 5.56 Å². The van der Waals surface area contributed by atoms with Crippen molar-refractivity contribution in [3.8, 4) is 17.0 Å². The van der Waals surface area contributed by atoms with Crippen molar-refractivity contribution >= 4 is 31.2 Å². The smallest absolute Gasteiger partial charge is 0.274 e. The molecule has 0 bridgehead atoms. The summed E-state index contributed by atoms with van der Waals surface area (Å²) in [4.78, 5) is 16.9. The van der Waals surface area contributed by atoms with Crippen LogP contribution in [0, 0.1) is 0 Å². The van der Waals surface area contributed by atoms with Gasteiger partial charge >= 0.3 is 0 Å². The minimum absolute atomic E-state index is 0.00191. The first-order valence-electron chi connectivity index (χ1n) is 10.2. The molecule has 3 aromatic rings. The Labute approximate surface area is 193 Å². The fourth-order valence-electron chi connectivity index (χ4n) is 3.30. The van der Waals surface area contributed by atoms with Crippen LogP contribution < -0.4 is 15.0 Å². The Balaban J connectivity index is 2.25. The maximum atomic E-state index is 13.2. The van der Waals surface area contributed by atoms with Crippen LogP contribution >= 0.6 is 0 Å². The number of nitrogens with zero attached hydrogens (tertiary/aromatic N) is 3. The largest absolute Gasteiger partial charge is 0.495 e. The van der Waals surface area contributed by atoms with Crippen molar-refractivity contribution in [2.75, 3.05) is 17.6 Å². The molecule has 0 unspecified atom stereocenters. The molecule has 0 radical (unpaired) electrons. The molecule has 0 aromatic carbocycles. The molecule has 33 heavy (non-hydrogen) atoms. The number of nitrogens with one attached hydrogen (secondary N) is 1. The molecular weight excluding hydrogens is 468 g/mol. The van der Waals surface area contributed by atoms with Crippen molar-refractivity contribution in [3.05, 3.63) is 41.1 Å². The SMILES string of the molecule is CCCS(=O)(=O)Nc1cc(-c2cnc3cc(OC)c(S(=O)(=O)C(C)(C)C)cn23)cn(C)c1=O. The number of anilines is 1. The summed E-state index contributed by atoms with van der Waals surface area (Å²) in [5.41, 5.74) is 0.767. The van der Waals surface area contributed by atoms with Crippen LogP contribution in [0.2, 0.25) is 0 Å². The van der Waals surface area contributed by atoms with Gasteiger partial charge in [-0.2, -0.15) is 0 Å². The van der Waals surface area contributed by atoms with Crippen molar-refractivity contribution in [2.45, 2.75) is 43.8 Å². The van der Waals surface area contributed by atoms with Gasteiger partial charge in [-0.05, 0) is 33.3 Å². The van der Waals surface area contributed by atoms with Crippen LogP contribution in [0.1, 0.15) is 34.1 Å². The summed E-state index contributed by atoms with van der Waals surface area (Å²) >= 11 is 0. The standard InChI is InChI=1S/C21H28N4O6S2/c1-7-8-32(27,28)23-15-9-14(12-24(5)20(15)26)16-11-22-19-10-17(31-6)18(13-25(16)19)33(29,30)21(2,3)4/h9-13,23H,7-8H2,1-6H3. The molecule has 10 nitrogen and oxygen atoms in total. The second-order valence-corrected chi connectivity index (χ2v) is 13.2. The predicted octanol–water partition coefficient (Wildman–Crippen LogP) is 2.43. The number of fused-ring (bicyclic) bond motifs is 1. The molecule has 0 aliphatic rings. The fraction of sp³-hybridized carbons (Fsp3) is 0.429. The van der Waals surface area contributed by atoms with Crippen LogP contribution in [-0.2, 0) is 26.9 Å². The first-order chi connectivity index (χ1) is 15.2. The van der Waals surface area contributed by atoms with E-state index in [0.717, 1.165) is 0 Å². The highest BCUT2D eigenvalue weighted by molar-refractivity contribution is 7.93. The monoisotopic (exact) mass is 496 g/mol. The van der Waals surface area contributed by atoms with Gasteiger partial charge in [0, 0.05) is 31.1 Å². The van der Waals surface area contributed by atoms with Crippen LogP contribution in [0.15, 0.2) is 40.4 Å². The van der Waals surface area contributed by atoms with E-state index < -0.39 is 30.2 Å². The fourth-order valence-corrected chi connectivity index (χ4v) is 5.74. The highest BCUT2D eigenvalue weighted by Crippen LogP contribution is 2.34. The van der Waals surface area contributed by atoms with Gasteiger partial charge in [-0.25, -0.2) is 21.8 Å². The maximum Gasteiger partial charge on any atom is 0.274 e. The average molecular weight is 497 g/mol. The second-order valence-electron chi connectivity index (χ2n) is 8.67. The van der Waals surface area contributed by atoms with Crippen LogP contribution in [0.25, 0.3) is 16.9 Å². The maximum absolute atomic E-state index is 13.2. The quantitative estimate of drug-likeness (QED) is 0.532. The topological polar surface area (TPSA) is 129 Å². The number of aromatic nitrogens is 3. The number of pyridine rings is 2. The molecule has 0 fully saturated rings. The summed E-state index contributed by atoms with van der Waals surface area (Å²) < 4.78 is 60.3. The lowest BCUT2D eigenvalue weighted by molar-refractivity contribution is 0.401. The van der Waals surface area contributed by atoms with Crippen LogP contribution in [0.4, 0.5) is 5.69 Å². The molecule has 0 saturated heterocycles. The average Bonchev–Trinajstić information content (AvgIpc) is 3.12. The highest BCUT2D eigenvalue weighted by Gasteiger charge is 2.34. The van der Waals surface area contributed by atoms with E-state index in [1.165, 1.54) is 49.4 Å². The number of rotatable bonds is 7. The van der Waals surface area contributed by atoms with E-state index in [9.17, 15) is 21.6 Å². The summed E-state index contributed by atoms with van der Waals surface area (Å²) in [6.45, 7) is 6.52. The molecule has 12 heteroatoms. The lowest BCUT2D eigenvalue weighted by Gasteiger charge is -2.21.